The quantitative estimate of drug-likeness (QED) is 0.101. The van der Waals surface area contributed by atoms with E-state index in [1.165, 1.54) is 13.0 Å². The number of hydrogen-bond donors (Lipinski definition) is 0. The van der Waals surface area contributed by atoms with Gasteiger partial charge in [-0.05, 0) is 119 Å². The van der Waals surface area contributed by atoms with Crippen molar-refractivity contribution < 1.29 is 36.3 Å². The third-order valence-electron chi connectivity index (χ3n) is 9.11. The van der Waals surface area contributed by atoms with Crippen molar-refractivity contribution >= 4 is 18.1 Å². The van der Waals surface area contributed by atoms with E-state index in [9.17, 15) is 27.6 Å². The second-order valence-electron chi connectivity index (χ2n) is 13.8. The highest BCUT2D eigenvalue weighted by Gasteiger charge is 2.36. The predicted molar refractivity (Wildman–Crippen MR) is 189 cm³/mol. The van der Waals surface area contributed by atoms with Gasteiger partial charge in [0.2, 0.25) is 0 Å². The smallest absolute Gasteiger partial charge is 0.416 e. The van der Waals surface area contributed by atoms with E-state index >= 15 is 8.78 Å². The zero-order chi connectivity index (χ0) is 38.5. The van der Waals surface area contributed by atoms with E-state index in [2.05, 4.69) is 4.99 Å². The van der Waals surface area contributed by atoms with Crippen LogP contribution >= 0.6 is 0 Å². The standard InChI is InChI=1S/C39H48F5N3O4/c1-11-51-33(49)17-28(35-36(40)24(6)16-29(37(35)41)34-25(7)22(4)15-23(5)26(34)8)19-45-38(50)31(14-21(2)3)47-20-27(12-13-46(9)10)30(18-32(47)48)39(42,43)44/h15-16,18-21,28,31H,11-14,17H2,1-10H3. The first-order chi connectivity index (χ1) is 23.7. The van der Waals surface area contributed by atoms with Crippen LogP contribution in [0.2, 0.25) is 0 Å². The summed E-state index contributed by atoms with van der Waals surface area (Å²) in [6.07, 6.45) is -3.36. The molecule has 3 aromatic rings. The molecule has 2 aromatic carbocycles. The predicted octanol–water partition coefficient (Wildman–Crippen LogP) is 8.38. The third-order valence-corrected chi connectivity index (χ3v) is 9.11. The number of aryl methyl sites for hydroxylation is 3. The van der Waals surface area contributed by atoms with Crippen molar-refractivity contribution in [3.63, 3.8) is 0 Å². The molecule has 1 aromatic heterocycles. The van der Waals surface area contributed by atoms with Gasteiger partial charge in [0.05, 0.1) is 18.6 Å². The number of ether oxygens (including phenoxy) is 1. The monoisotopic (exact) mass is 717 g/mol. The summed E-state index contributed by atoms with van der Waals surface area (Å²) >= 11 is 0. The first kappa shape index (κ1) is 41.2. The fraction of sp³-hybridized carbons (Fsp3) is 0.487. The highest BCUT2D eigenvalue weighted by Crippen LogP contribution is 2.39. The molecule has 0 aliphatic carbocycles. The first-order valence-corrected chi connectivity index (χ1v) is 17.0. The van der Waals surface area contributed by atoms with Crippen molar-refractivity contribution in [2.75, 3.05) is 27.2 Å². The number of carbonyl (C=O) groups is 2. The Bertz CT molecular complexity index is 1830. The van der Waals surface area contributed by atoms with Crippen LogP contribution in [0, 0.1) is 52.2 Å². The van der Waals surface area contributed by atoms with Gasteiger partial charge >= 0.3 is 12.1 Å². The van der Waals surface area contributed by atoms with Crippen molar-refractivity contribution in [2.24, 2.45) is 10.9 Å². The minimum Gasteiger partial charge on any atom is -0.466 e. The van der Waals surface area contributed by atoms with E-state index < -0.39 is 64.8 Å². The molecule has 0 bridgehead atoms. The van der Waals surface area contributed by atoms with Crippen LogP contribution in [0.25, 0.3) is 11.1 Å². The van der Waals surface area contributed by atoms with Crippen LogP contribution in [0.4, 0.5) is 22.0 Å². The zero-order valence-corrected chi connectivity index (χ0v) is 31.0. The van der Waals surface area contributed by atoms with Crippen molar-refractivity contribution in [1.82, 2.24) is 9.47 Å². The molecule has 1 amide bonds. The van der Waals surface area contributed by atoms with E-state index in [0.29, 0.717) is 11.6 Å². The molecule has 0 radical (unpaired) electrons. The normalized spacial score (nSPS) is 13.4. The maximum absolute atomic E-state index is 16.7. The van der Waals surface area contributed by atoms with Crippen LogP contribution in [-0.2, 0) is 26.9 Å². The van der Waals surface area contributed by atoms with Crippen LogP contribution in [0.3, 0.4) is 0 Å². The molecule has 51 heavy (non-hydrogen) atoms. The van der Waals surface area contributed by atoms with Crippen LogP contribution in [0.5, 0.6) is 0 Å². The Morgan fingerprint density at radius 1 is 0.961 bits per heavy atom. The number of carbonyl (C=O) groups excluding carboxylic acids is 2. The first-order valence-electron chi connectivity index (χ1n) is 17.0. The molecule has 3 rings (SSSR count). The Kier molecular flexibility index (Phi) is 13.7. The molecule has 0 saturated carbocycles. The Morgan fingerprint density at radius 2 is 1.57 bits per heavy atom. The average Bonchev–Trinajstić information content (AvgIpc) is 3.02. The molecule has 2 atom stereocenters. The Hall–Kier alpha value is -4.19. The second-order valence-corrected chi connectivity index (χ2v) is 13.8. The molecule has 1 heterocycles. The van der Waals surface area contributed by atoms with Gasteiger partial charge in [0, 0.05) is 42.1 Å². The zero-order valence-electron chi connectivity index (χ0n) is 31.0. The number of nitrogens with zero attached hydrogens (tertiary/aromatic N) is 3. The summed E-state index contributed by atoms with van der Waals surface area (Å²) in [6, 6.07) is 2.54. The number of aliphatic imine (C=N–C) groups is 1. The van der Waals surface area contributed by atoms with E-state index in [1.807, 2.05) is 33.8 Å². The van der Waals surface area contributed by atoms with Gasteiger partial charge in [0.25, 0.3) is 11.5 Å². The number of pyridine rings is 1. The Labute approximate surface area is 296 Å². The molecule has 7 nitrogen and oxygen atoms in total. The molecular weight excluding hydrogens is 669 g/mol. The van der Waals surface area contributed by atoms with Gasteiger partial charge in [-0.3, -0.25) is 14.4 Å². The summed E-state index contributed by atoms with van der Waals surface area (Å²) in [7, 11) is 3.39. The molecule has 0 spiro atoms. The van der Waals surface area contributed by atoms with Gasteiger partial charge in [-0.1, -0.05) is 19.9 Å². The Balaban J connectivity index is 2.24. The summed E-state index contributed by atoms with van der Waals surface area (Å²) < 4.78 is 80.6. The van der Waals surface area contributed by atoms with Crippen molar-refractivity contribution in [3.8, 4) is 11.1 Å². The molecule has 278 valence electrons. The topological polar surface area (TPSA) is 81.0 Å². The number of hydrogen-bond acceptors (Lipinski definition) is 5. The van der Waals surface area contributed by atoms with Crippen LogP contribution in [0.1, 0.15) is 90.1 Å². The lowest BCUT2D eigenvalue weighted by molar-refractivity contribution is -0.143. The summed E-state index contributed by atoms with van der Waals surface area (Å²) in [4.78, 5) is 45.5. The molecule has 2 unspecified atom stereocenters. The van der Waals surface area contributed by atoms with Crippen LogP contribution in [-0.4, -0.2) is 54.8 Å². The molecule has 0 aliphatic heterocycles. The largest absolute Gasteiger partial charge is 0.466 e. The van der Waals surface area contributed by atoms with Gasteiger partial charge in [0.15, 0.2) is 0 Å². The van der Waals surface area contributed by atoms with E-state index in [4.69, 9.17) is 4.74 Å². The summed E-state index contributed by atoms with van der Waals surface area (Å²) in [6.45, 7) is 14.3. The lowest BCUT2D eigenvalue weighted by Gasteiger charge is -2.23. The number of rotatable bonds is 13. The lowest BCUT2D eigenvalue weighted by atomic mass is 9.85. The average molecular weight is 718 g/mol. The molecular formula is C39H48F5N3O4. The van der Waals surface area contributed by atoms with Gasteiger partial charge in [0.1, 0.15) is 17.7 Å². The van der Waals surface area contributed by atoms with E-state index in [-0.39, 0.29) is 48.6 Å². The van der Waals surface area contributed by atoms with Crippen LogP contribution in [0.15, 0.2) is 34.2 Å². The highest BCUT2D eigenvalue weighted by molar-refractivity contribution is 5.91. The molecule has 0 saturated heterocycles. The molecule has 0 aliphatic rings. The lowest BCUT2D eigenvalue weighted by Crippen LogP contribution is -2.32. The van der Waals surface area contributed by atoms with Gasteiger partial charge in [-0.25, -0.2) is 13.8 Å². The Morgan fingerprint density at radius 3 is 2.10 bits per heavy atom. The fourth-order valence-electron chi connectivity index (χ4n) is 6.23. The number of alkyl halides is 3. The second kappa shape index (κ2) is 16.9. The number of aromatic nitrogens is 1. The number of likely N-dealkylation sites (N-methyl/N-ethyl adjacent to an activating group) is 1. The van der Waals surface area contributed by atoms with Crippen LogP contribution < -0.4 is 5.56 Å². The fourth-order valence-corrected chi connectivity index (χ4v) is 6.23. The SMILES string of the molecule is CCOC(=O)CC(C=NC(=O)C(CC(C)C)n1cc(CCN(C)C)c(C(F)(F)F)cc1=O)c1c(F)c(C)cc(-c2c(C)c(C)cc(C)c2C)c1F. The van der Waals surface area contributed by atoms with Crippen molar-refractivity contribution in [3.05, 3.63) is 90.9 Å². The van der Waals surface area contributed by atoms with E-state index in [1.54, 1.807) is 39.8 Å². The summed E-state index contributed by atoms with van der Waals surface area (Å²) in [5.41, 5.74) is 1.43. The van der Waals surface area contributed by atoms with E-state index in [0.717, 1.165) is 39.2 Å². The van der Waals surface area contributed by atoms with Crippen molar-refractivity contribution in [2.45, 2.75) is 92.8 Å². The number of benzene rings is 2. The highest BCUT2D eigenvalue weighted by atomic mass is 19.4. The molecule has 0 fully saturated rings. The minimum atomic E-state index is -4.80. The number of esters is 1. The van der Waals surface area contributed by atoms with Gasteiger partial charge in [-0.2, -0.15) is 13.2 Å². The van der Waals surface area contributed by atoms with Crippen molar-refractivity contribution in [1.29, 1.82) is 0 Å². The third kappa shape index (κ3) is 9.78. The maximum Gasteiger partial charge on any atom is 0.416 e. The maximum atomic E-state index is 16.7. The summed E-state index contributed by atoms with van der Waals surface area (Å²) in [5.74, 6) is -5.17. The molecule has 0 N–H and O–H groups in total. The van der Waals surface area contributed by atoms with Gasteiger partial charge in [-0.15, -0.1) is 0 Å². The molecule has 12 heteroatoms. The summed E-state index contributed by atoms with van der Waals surface area (Å²) in [5, 5.41) is 0. The number of amides is 1. The minimum absolute atomic E-state index is 0.00390. The number of halogens is 5. The van der Waals surface area contributed by atoms with Gasteiger partial charge < -0.3 is 14.2 Å².